The summed E-state index contributed by atoms with van der Waals surface area (Å²) in [5.74, 6) is -7.34. The third kappa shape index (κ3) is 27.9. The third-order valence-corrected chi connectivity index (χ3v) is 22.1. The zero-order valence-electron chi connectivity index (χ0n) is 72.5. The number of aliphatic hydroxyl groups is 1. The number of esters is 7. The highest BCUT2D eigenvalue weighted by molar-refractivity contribution is 6.67. The molecule has 4 aliphatic rings. The minimum atomic E-state index is -2.28. The average molecular weight is 1900 g/mol. The van der Waals surface area contributed by atoms with Gasteiger partial charge >= 0.3 is 47.9 Å². The monoisotopic (exact) mass is 1890 g/mol. The average Bonchev–Trinajstić information content (AvgIpc) is 0.760. The zero-order valence-corrected chi connectivity index (χ0v) is 74.8. The van der Waals surface area contributed by atoms with E-state index < -0.39 is 201 Å². The first-order chi connectivity index (χ1) is 65.1. The second-order valence-corrected chi connectivity index (χ2v) is 33.9. The van der Waals surface area contributed by atoms with Crippen molar-refractivity contribution in [2.24, 2.45) is 0 Å². The first-order valence-corrected chi connectivity index (χ1v) is 44.3. The Kier molecular flexibility index (Phi) is 35.8. The molecule has 10 aromatic carbocycles. The summed E-state index contributed by atoms with van der Waals surface area (Å²) >= 11 is 19.0. The second-order valence-electron chi connectivity index (χ2n) is 31.4. The zero-order chi connectivity index (χ0) is 93.7. The molecule has 20 atom stereocenters. The number of halogens is 3. The van der Waals surface area contributed by atoms with Gasteiger partial charge in [-0.2, -0.15) is 0 Å². The molecular formula is C101H98Cl3NO29. The molecule has 4 aliphatic heterocycles. The quantitative estimate of drug-likeness (QED) is 0.0205. The van der Waals surface area contributed by atoms with Crippen LogP contribution in [0, 0.1) is 0 Å². The Balaban J connectivity index is 0.933. The molecule has 134 heavy (non-hydrogen) atoms. The van der Waals surface area contributed by atoms with E-state index in [0.717, 1.165) is 30.5 Å². The minimum Gasteiger partial charge on any atom is -0.459 e. The molecule has 4 fully saturated rings. The van der Waals surface area contributed by atoms with Crippen LogP contribution in [0.25, 0.3) is 0 Å². The molecule has 14 rings (SSSR count). The molecule has 4 heterocycles. The van der Waals surface area contributed by atoms with E-state index in [9.17, 15) is 19.5 Å². The molecule has 1 amide bonds. The van der Waals surface area contributed by atoms with E-state index in [4.69, 9.17) is 130 Å². The van der Waals surface area contributed by atoms with Gasteiger partial charge in [0.15, 0.2) is 61.8 Å². The molecule has 0 saturated carbocycles. The van der Waals surface area contributed by atoms with Gasteiger partial charge in [-0.3, -0.25) is 9.59 Å². The number of ether oxygens (including phenoxy) is 20. The predicted octanol–water partition coefficient (Wildman–Crippen LogP) is 13.9. The molecule has 33 heteroatoms. The maximum absolute atomic E-state index is 15.6. The molecular weight excluding hydrogens is 1800 g/mol. The molecule has 0 spiro atoms. The number of hydrogen-bond acceptors (Lipinski definition) is 29. The summed E-state index contributed by atoms with van der Waals surface area (Å²) in [5, 5.41) is 14.6. The van der Waals surface area contributed by atoms with Crippen LogP contribution in [-0.2, 0) is 137 Å². The molecule has 0 aromatic heterocycles. The summed E-state index contributed by atoms with van der Waals surface area (Å²) < 4.78 is 132. The summed E-state index contributed by atoms with van der Waals surface area (Å²) in [6.45, 7) is -1.70. The summed E-state index contributed by atoms with van der Waals surface area (Å²) in [4.78, 5) is 118. The van der Waals surface area contributed by atoms with Crippen LogP contribution in [0.15, 0.2) is 303 Å². The van der Waals surface area contributed by atoms with Gasteiger partial charge in [-0.1, -0.05) is 277 Å². The van der Waals surface area contributed by atoms with Crippen molar-refractivity contribution in [3.63, 3.8) is 0 Å². The Labute approximate surface area is 787 Å². The fourth-order valence-electron chi connectivity index (χ4n) is 15.4. The number of hydrogen-bond donors (Lipinski definition) is 2. The number of nitrogens with one attached hydrogen (secondary N) is 1. The van der Waals surface area contributed by atoms with E-state index in [2.05, 4.69) is 5.32 Å². The van der Waals surface area contributed by atoms with Crippen molar-refractivity contribution in [1.82, 2.24) is 5.32 Å². The Hall–Kier alpha value is -11.9. The van der Waals surface area contributed by atoms with Crippen molar-refractivity contribution in [3.05, 3.63) is 359 Å². The van der Waals surface area contributed by atoms with Gasteiger partial charge in [0.05, 0.1) is 80.7 Å². The van der Waals surface area contributed by atoms with E-state index in [1.54, 1.807) is 84.9 Å². The van der Waals surface area contributed by atoms with Crippen molar-refractivity contribution in [2.75, 3.05) is 33.0 Å². The fraction of sp³-hybridized carbons (Fsp3) is 0.327. The van der Waals surface area contributed by atoms with Crippen molar-refractivity contribution >= 4 is 82.7 Å². The summed E-state index contributed by atoms with van der Waals surface area (Å²) in [5.41, 5.74) is 3.38. The van der Waals surface area contributed by atoms with Gasteiger partial charge in [0.2, 0.25) is 3.79 Å². The van der Waals surface area contributed by atoms with Crippen LogP contribution < -0.4 is 5.32 Å². The number of aliphatic hydroxyl groups excluding tert-OH is 1. The lowest BCUT2D eigenvalue weighted by atomic mass is 9.94. The van der Waals surface area contributed by atoms with Crippen LogP contribution in [0.4, 0.5) is 4.79 Å². The maximum Gasteiger partial charge on any atom is 0.407 e. The van der Waals surface area contributed by atoms with Gasteiger partial charge in [-0.15, -0.1) is 0 Å². The van der Waals surface area contributed by atoms with E-state index in [-0.39, 0.29) is 67.5 Å². The van der Waals surface area contributed by atoms with E-state index in [1.165, 1.54) is 97.1 Å². The smallest absolute Gasteiger partial charge is 0.407 e. The molecule has 0 unspecified atom stereocenters. The van der Waals surface area contributed by atoms with Crippen molar-refractivity contribution < 1.29 is 138 Å². The molecule has 10 aromatic rings. The molecule has 0 bridgehead atoms. The number of benzene rings is 10. The number of carbonyl (C=O) groups excluding carboxylic acids is 8. The van der Waals surface area contributed by atoms with Crippen LogP contribution in [0.2, 0.25) is 0 Å². The standard InChI is InChI=1S/C101H98Cl3NO29/c1-63(106)123-86-83(76(125-96(113)88(86)124-64(2)107)59-116-54-66-35-15-4-16-36-66)134-99-90(132-95(112)74-51-31-12-32-52-74)87(131-94(111)73-49-29-11-30-50-73)82(129-92(109)71-45-25-9-26-46-71)78(128-99)61-121-97-79(105-100(114)122-62-101(102,103)104)84(130-93(110)72-47-27-10-28-48-72)81(77(126-97)60-120-91(108)70-43-23-8-24-44-70)133-98-89(119-57-69-41-21-7-22-42-69)85(118-56-68-39-19-6-20-40-68)80(117-55-67-37-17-5-18-38-67)75(127-98)58-115-53-65-33-13-3-14-34-65/h3-52,75-90,96-99,113H,53-62H2,1-2H3,(H,105,114)/t75-,76-,77-,78-,79-,80+,81-,82+,83-,84-,85+,86+,87+,88-,89-,90-,96+,97-,98-,99+/m1/s1. The second kappa shape index (κ2) is 48.9. The molecule has 702 valence electrons. The highest BCUT2D eigenvalue weighted by Crippen LogP contribution is 2.41. The Bertz CT molecular complexity index is 5370. The number of amides is 1. The molecule has 30 nitrogen and oxygen atoms in total. The minimum absolute atomic E-state index is 0.0102. The molecule has 4 saturated heterocycles. The largest absolute Gasteiger partial charge is 0.459 e. The lowest BCUT2D eigenvalue weighted by Gasteiger charge is -2.50. The van der Waals surface area contributed by atoms with Crippen LogP contribution in [0.3, 0.4) is 0 Å². The van der Waals surface area contributed by atoms with Gasteiger partial charge in [0, 0.05) is 13.8 Å². The van der Waals surface area contributed by atoms with Crippen LogP contribution in [-0.4, -0.2) is 213 Å². The lowest BCUT2D eigenvalue weighted by Crippen LogP contribution is -2.69. The third-order valence-electron chi connectivity index (χ3n) is 21.7. The number of carbonyl (C=O) groups is 8. The van der Waals surface area contributed by atoms with E-state index in [0.29, 0.717) is 11.1 Å². The fourth-order valence-corrected chi connectivity index (χ4v) is 15.6. The van der Waals surface area contributed by atoms with Crippen LogP contribution >= 0.6 is 34.8 Å². The van der Waals surface area contributed by atoms with Crippen LogP contribution in [0.5, 0.6) is 0 Å². The van der Waals surface area contributed by atoms with Crippen molar-refractivity contribution in [3.8, 4) is 0 Å². The van der Waals surface area contributed by atoms with Crippen molar-refractivity contribution in [2.45, 2.75) is 173 Å². The van der Waals surface area contributed by atoms with Crippen LogP contribution in [0.1, 0.15) is 93.5 Å². The van der Waals surface area contributed by atoms with Gasteiger partial charge in [0.1, 0.15) is 74.2 Å². The SMILES string of the molecule is CC(=O)O[C@@H]1[C@@H](OC(C)=O)[C@@H](O)O[C@H](COCc2ccccc2)[C@H]1O[C@@H]1O[C@H](CO[C@@H]2O[C@H](COC(=O)c3ccccc3)[C@@H](O[C@H]3O[C@H](COCc4ccccc4)[C@H](OCc4ccccc4)[C@H](OCc4ccccc4)[C@H]3OCc3ccccc3)[C@H](OC(=O)c3ccccc3)[C@H]2NC(=O)OCC(Cl)(Cl)Cl)[C@H](OC(=O)c2ccccc2)[C@H](OC(=O)c2ccccc2)[C@H]1OC(=O)c1ccccc1. The highest BCUT2D eigenvalue weighted by atomic mass is 35.6. The Morgan fingerprint density at radius 3 is 1.03 bits per heavy atom. The van der Waals surface area contributed by atoms with E-state index in [1.807, 2.05) is 121 Å². The number of rotatable bonds is 39. The molecule has 0 aliphatic carbocycles. The maximum atomic E-state index is 15.6. The lowest BCUT2D eigenvalue weighted by molar-refractivity contribution is -0.368. The molecule has 2 N–H and O–H groups in total. The molecule has 0 radical (unpaired) electrons. The normalized spacial score (nSPS) is 25.0. The summed E-state index contributed by atoms with van der Waals surface area (Å²) in [7, 11) is 0. The van der Waals surface area contributed by atoms with Crippen molar-refractivity contribution in [1.29, 1.82) is 0 Å². The summed E-state index contributed by atoms with van der Waals surface area (Å²) in [6.07, 6.45) is -35.9. The summed E-state index contributed by atoms with van der Waals surface area (Å²) in [6, 6.07) is 82.1. The first-order valence-electron chi connectivity index (χ1n) is 43.1. The highest BCUT2D eigenvalue weighted by Gasteiger charge is 2.60. The Morgan fingerprint density at radius 2 is 0.612 bits per heavy atom. The number of alkyl carbamates (subject to hydrolysis) is 1. The van der Waals surface area contributed by atoms with Gasteiger partial charge < -0.3 is 105 Å². The predicted molar refractivity (Wildman–Crippen MR) is 479 cm³/mol. The first kappa shape index (κ1) is 98.1. The topological polar surface area (TPSA) is 353 Å². The van der Waals surface area contributed by atoms with Gasteiger partial charge in [-0.05, 0) is 88.5 Å². The van der Waals surface area contributed by atoms with Gasteiger partial charge in [0.25, 0.3) is 0 Å². The number of alkyl halides is 3. The van der Waals surface area contributed by atoms with Gasteiger partial charge in [-0.25, -0.2) is 28.8 Å². The Morgan fingerprint density at radius 1 is 0.299 bits per heavy atom. The van der Waals surface area contributed by atoms with E-state index >= 15 is 24.0 Å².